The first-order valence-corrected chi connectivity index (χ1v) is 9.61. The zero-order valence-electron chi connectivity index (χ0n) is 16.0. The van der Waals surface area contributed by atoms with Crippen molar-refractivity contribution < 1.29 is 14.7 Å². The maximum absolute atomic E-state index is 12.7. The van der Waals surface area contributed by atoms with Gasteiger partial charge in [-0.3, -0.25) is 25.2 Å². The molecule has 2 aromatic carbocycles. The van der Waals surface area contributed by atoms with Crippen LogP contribution >= 0.6 is 15.9 Å². The van der Waals surface area contributed by atoms with E-state index in [9.17, 15) is 19.5 Å². The predicted molar refractivity (Wildman–Crippen MR) is 112 cm³/mol. The van der Waals surface area contributed by atoms with Crippen molar-refractivity contribution >= 4 is 38.5 Å². The fourth-order valence-corrected chi connectivity index (χ4v) is 3.45. The van der Waals surface area contributed by atoms with Crippen LogP contribution in [0.3, 0.4) is 0 Å². The van der Waals surface area contributed by atoms with Crippen LogP contribution in [-0.4, -0.2) is 26.7 Å². The van der Waals surface area contributed by atoms with E-state index in [0.717, 1.165) is 5.56 Å². The fourth-order valence-electron chi connectivity index (χ4n) is 2.87. The highest BCUT2D eigenvalue weighted by atomic mass is 79.9. The van der Waals surface area contributed by atoms with Crippen LogP contribution in [0.15, 0.2) is 45.7 Å². The first-order valence-electron chi connectivity index (χ1n) is 8.82. The van der Waals surface area contributed by atoms with Crippen molar-refractivity contribution in [3.05, 3.63) is 68.0 Å². The summed E-state index contributed by atoms with van der Waals surface area (Å²) in [5.74, 6) is -1.61. The molecule has 150 valence electrons. The first kappa shape index (κ1) is 20.5. The lowest BCUT2D eigenvalue weighted by Crippen LogP contribution is -2.43. The highest BCUT2D eigenvalue weighted by Gasteiger charge is 2.20. The second-order valence-corrected chi connectivity index (χ2v) is 7.64. The van der Waals surface area contributed by atoms with Gasteiger partial charge in [-0.05, 0) is 60.5 Å². The number of aromatic hydroxyl groups is 1. The van der Waals surface area contributed by atoms with Crippen LogP contribution in [0.1, 0.15) is 46.3 Å². The van der Waals surface area contributed by atoms with Gasteiger partial charge < -0.3 is 5.11 Å². The molecule has 0 atom stereocenters. The molecule has 0 saturated heterocycles. The van der Waals surface area contributed by atoms with Crippen LogP contribution < -0.4 is 16.4 Å². The summed E-state index contributed by atoms with van der Waals surface area (Å²) < 4.78 is 1.59. The molecular formula is C20H19BrN4O4. The lowest BCUT2D eigenvalue weighted by atomic mass is 10.1. The maximum Gasteiger partial charge on any atom is 0.290 e. The van der Waals surface area contributed by atoms with Gasteiger partial charge in [0, 0.05) is 5.39 Å². The van der Waals surface area contributed by atoms with Gasteiger partial charge >= 0.3 is 0 Å². The minimum Gasteiger partial charge on any atom is -0.506 e. The molecule has 0 fully saturated rings. The Morgan fingerprint density at radius 1 is 1.10 bits per heavy atom. The molecule has 8 nitrogen and oxygen atoms in total. The number of hydrogen-bond donors (Lipinski definition) is 3. The van der Waals surface area contributed by atoms with Crippen LogP contribution in [0.25, 0.3) is 10.8 Å². The van der Waals surface area contributed by atoms with Gasteiger partial charge in [-0.15, -0.1) is 0 Å². The number of aryl methyl sites for hydroxylation is 1. The molecule has 9 heteroatoms. The summed E-state index contributed by atoms with van der Waals surface area (Å²) in [6.45, 7) is 5.33. The normalized spacial score (nSPS) is 10.9. The largest absolute Gasteiger partial charge is 0.506 e. The molecule has 3 aromatic rings. The zero-order chi connectivity index (χ0) is 21.3. The highest BCUT2D eigenvalue weighted by Crippen LogP contribution is 2.29. The van der Waals surface area contributed by atoms with Crippen LogP contribution in [0, 0.1) is 6.92 Å². The number of carbonyl (C=O) groups excluding carboxylic acids is 2. The number of hydrogen-bond acceptors (Lipinski definition) is 5. The summed E-state index contributed by atoms with van der Waals surface area (Å²) in [6.07, 6.45) is 0. The molecule has 1 aromatic heterocycles. The number of carbonyl (C=O) groups is 2. The topological polar surface area (TPSA) is 113 Å². The molecule has 0 spiro atoms. The zero-order valence-corrected chi connectivity index (χ0v) is 17.6. The lowest BCUT2D eigenvalue weighted by molar-refractivity contribution is 0.0841. The molecular weight excluding hydrogens is 440 g/mol. The summed E-state index contributed by atoms with van der Waals surface area (Å²) in [7, 11) is 0. The van der Waals surface area contributed by atoms with Crippen molar-refractivity contribution in [1.82, 2.24) is 20.6 Å². The number of aromatic nitrogens is 2. The minimum absolute atomic E-state index is 0.00198. The van der Waals surface area contributed by atoms with Gasteiger partial charge in [0.15, 0.2) is 5.69 Å². The van der Waals surface area contributed by atoms with Crippen LogP contribution in [0.2, 0.25) is 0 Å². The fraction of sp³-hybridized carbons (Fsp3) is 0.200. The van der Waals surface area contributed by atoms with E-state index in [0.29, 0.717) is 15.2 Å². The molecule has 0 radical (unpaired) electrons. The number of nitrogens with zero attached hydrogens (tertiary/aromatic N) is 2. The Kier molecular flexibility index (Phi) is 5.69. The molecule has 0 bridgehead atoms. The molecule has 0 unspecified atom stereocenters. The van der Waals surface area contributed by atoms with Gasteiger partial charge in [-0.1, -0.05) is 18.2 Å². The van der Waals surface area contributed by atoms with Crippen LogP contribution in [0.5, 0.6) is 5.75 Å². The Balaban J connectivity index is 1.92. The third kappa shape index (κ3) is 4.00. The third-order valence-electron chi connectivity index (χ3n) is 4.27. The van der Waals surface area contributed by atoms with E-state index in [1.54, 1.807) is 51.1 Å². The molecule has 2 amide bonds. The van der Waals surface area contributed by atoms with E-state index in [4.69, 9.17) is 0 Å². The number of nitrogens with one attached hydrogen (secondary N) is 2. The number of rotatable bonds is 3. The second-order valence-electron chi connectivity index (χ2n) is 6.79. The number of phenols is 1. The molecule has 0 saturated carbocycles. The monoisotopic (exact) mass is 458 g/mol. The lowest BCUT2D eigenvalue weighted by Gasteiger charge is -2.14. The van der Waals surface area contributed by atoms with E-state index >= 15 is 0 Å². The Hall–Kier alpha value is -3.20. The second kappa shape index (κ2) is 8.04. The van der Waals surface area contributed by atoms with E-state index < -0.39 is 11.8 Å². The molecule has 1 heterocycles. The average molecular weight is 459 g/mol. The van der Waals surface area contributed by atoms with E-state index in [2.05, 4.69) is 31.9 Å². The summed E-state index contributed by atoms with van der Waals surface area (Å²) in [5.41, 5.74) is 5.03. The molecule has 0 aliphatic carbocycles. The van der Waals surface area contributed by atoms with Gasteiger partial charge in [0.2, 0.25) is 0 Å². The number of benzene rings is 2. The van der Waals surface area contributed by atoms with Crippen molar-refractivity contribution in [3.63, 3.8) is 0 Å². The summed E-state index contributed by atoms with van der Waals surface area (Å²) in [6, 6.07) is 9.54. The van der Waals surface area contributed by atoms with Gasteiger partial charge in [-0.2, -0.15) is 5.10 Å². The summed E-state index contributed by atoms with van der Waals surface area (Å²) >= 11 is 3.18. The van der Waals surface area contributed by atoms with Crippen molar-refractivity contribution in [3.8, 4) is 5.75 Å². The summed E-state index contributed by atoms with van der Waals surface area (Å²) in [5, 5.41) is 15.0. The number of amides is 2. The standard InChI is InChI=1S/C20H19BrN4O4/c1-10(2)25-20(29)13-7-5-4-6-12(13)16(24-25)19(28)23-22-18(27)14-8-11(3)9-15(21)17(14)26/h4-10,26H,1-3H3,(H,22,27)(H,23,28). The number of phenolic OH excluding ortho intramolecular Hbond substituents is 1. The Morgan fingerprint density at radius 2 is 1.72 bits per heavy atom. The number of halogens is 1. The van der Waals surface area contributed by atoms with Gasteiger partial charge in [0.25, 0.3) is 17.4 Å². The molecule has 3 rings (SSSR count). The SMILES string of the molecule is Cc1cc(Br)c(O)c(C(=O)NNC(=O)c2nn(C(C)C)c(=O)c3ccccc23)c1. The number of fused-ring (bicyclic) bond motifs is 1. The van der Waals surface area contributed by atoms with E-state index in [1.165, 1.54) is 10.7 Å². The van der Waals surface area contributed by atoms with Crippen LogP contribution in [0.4, 0.5) is 0 Å². The quantitative estimate of drug-likeness (QED) is 0.522. The molecule has 3 N–H and O–H groups in total. The highest BCUT2D eigenvalue weighted by molar-refractivity contribution is 9.10. The Labute approximate surface area is 174 Å². The van der Waals surface area contributed by atoms with Gasteiger partial charge in [0.05, 0.1) is 21.5 Å². The average Bonchev–Trinajstić information content (AvgIpc) is 2.68. The van der Waals surface area contributed by atoms with Crippen molar-refractivity contribution in [1.29, 1.82) is 0 Å². The van der Waals surface area contributed by atoms with Crippen molar-refractivity contribution in [2.24, 2.45) is 0 Å². The molecule has 0 aliphatic heterocycles. The Morgan fingerprint density at radius 3 is 2.38 bits per heavy atom. The molecule has 29 heavy (non-hydrogen) atoms. The predicted octanol–water partition coefficient (Wildman–Crippen LogP) is 2.83. The van der Waals surface area contributed by atoms with Crippen molar-refractivity contribution in [2.75, 3.05) is 0 Å². The van der Waals surface area contributed by atoms with Crippen molar-refractivity contribution in [2.45, 2.75) is 26.8 Å². The first-order chi connectivity index (χ1) is 13.7. The van der Waals surface area contributed by atoms with Crippen LogP contribution in [-0.2, 0) is 0 Å². The third-order valence-corrected chi connectivity index (χ3v) is 4.88. The van der Waals surface area contributed by atoms with Gasteiger partial charge in [-0.25, -0.2) is 4.68 Å². The number of hydrazine groups is 1. The summed E-state index contributed by atoms with van der Waals surface area (Å²) in [4.78, 5) is 37.7. The van der Waals surface area contributed by atoms with Gasteiger partial charge in [0.1, 0.15) is 5.75 Å². The van der Waals surface area contributed by atoms with E-state index in [1.807, 2.05) is 0 Å². The van der Waals surface area contributed by atoms with E-state index in [-0.39, 0.29) is 28.6 Å². The molecule has 0 aliphatic rings. The Bertz CT molecular complexity index is 1190. The smallest absolute Gasteiger partial charge is 0.290 e. The maximum atomic E-state index is 12.7. The minimum atomic E-state index is -0.693.